The van der Waals surface area contributed by atoms with Crippen LogP contribution in [0.5, 0.6) is 0 Å². The first kappa shape index (κ1) is 13.8. The molecule has 100 valence electrons. The summed E-state index contributed by atoms with van der Waals surface area (Å²) in [5, 5.41) is 1.95. The fourth-order valence-electron chi connectivity index (χ4n) is 2.03. The van der Waals surface area contributed by atoms with Gasteiger partial charge in [0.15, 0.2) is 5.78 Å². The highest BCUT2D eigenvalue weighted by molar-refractivity contribution is 7.12. The van der Waals surface area contributed by atoms with E-state index in [2.05, 4.69) is 43.1 Å². The molecule has 0 N–H and O–H groups in total. The van der Waals surface area contributed by atoms with Crippen LogP contribution in [0.1, 0.15) is 28.1 Å². The maximum absolute atomic E-state index is 11.9. The third kappa shape index (κ3) is 3.93. The standard InChI is InChI=1S/C16H19NOS/c1-13-6-3-7-14(12-13)17(2)10-4-8-15(18)16-9-5-11-19-16/h3,5-7,9,11-12H,4,8,10H2,1-2H3. The largest absolute Gasteiger partial charge is 0.375 e. The number of ketones is 1. The summed E-state index contributed by atoms with van der Waals surface area (Å²) >= 11 is 1.53. The third-order valence-corrected chi connectivity index (χ3v) is 4.05. The van der Waals surface area contributed by atoms with E-state index in [1.165, 1.54) is 22.6 Å². The van der Waals surface area contributed by atoms with Crippen LogP contribution in [0.15, 0.2) is 41.8 Å². The number of Topliss-reactive ketones (excluding diaryl/α,β-unsaturated/α-hetero) is 1. The fraction of sp³-hybridized carbons (Fsp3) is 0.312. The minimum atomic E-state index is 0.257. The normalized spacial score (nSPS) is 10.4. The number of nitrogens with zero attached hydrogens (tertiary/aromatic N) is 1. The Hall–Kier alpha value is -1.61. The van der Waals surface area contributed by atoms with Crippen molar-refractivity contribution in [2.24, 2.45) is 0 Å². The van der Waals surface area contributed by atoms with Crippen molar-refractivity contribution >= 4 is 22.8 Å². The van der Waals surface area contributed by atoms with Crippen molar-refractivity contribution in [3.8, 4) is 0 Å². The highest BCUT2D eigenvalue weighted by Crippen LogP contribution is 2.16. The first-order valence-electron chi connectivity index (χ1n) is 6.51. The Bertz CT molecular complexity index is 533. The van der Waals surface area contributed by atoms with E-state index in [9.17, 15) is 4.79 Å². The molecule has 0 radical (unpaired) electrons. The first-order chi connectivity index (χ1) is 9.16. The van der Waals surface area contributed by atoms with E-state index < -0.39 is 0 Å². The van der Waals surface area contributed by atoms with Crippen LogP contribution in [0.4, 0.5) is 5.69 Å². The molecule has 0 bridgehead atoms. The average Bonchev–Trinajstić information content (AvgIpc) is 2.92. The molecule has 0 unspecified atom stereocenters. The molecular weight excluding hydrogens is 254 g/mol. The summed E-state index contributed by atoms with van der Waals surface area (Å²) in [5.74, 6) is 0.257. The van der Waals surface area contributed by atoms with Gasteiger partial charge in [-0.1, -0.05) is 18.2 Å². The highest BCUT2D eigenvalue weighted by atomic mass is 32.1. The van der Waals surface area contributed by atoms with Crippen LogP contribution in [0.2, 0.25) is 0 Å². The van der Waals surface area contributed by atoms with Gasteiger partial charge >= 0.3 is 0 Å². The Morgan fingerprint density at radius 1 is 1.26 bits per heavy atom. The molecule has 0 spiro atoms. The molecule has 1 aromatic heterocycles. The summed E-state index contributed by atoms with van der Waals surface area (Å²) in [5.41, 5.74) is 2.47. The van der Waals surface area contributed by atoms with Crippen LogP contribution in [-0.4, -0.2) is 19.4 Å². The van der Waals surface area contributed by atoms with Crippen LogP contribution in [0, 0.1) is 6.92 Å². The zero-order valence-corrected chi connectivity index (χ0v) is 12.2. The summed E-state index contributed by atoms with van der Waals surface area (Å²) in [4.78, 5) is 14.9. The molecule has 19 heavy (non-hydrogen) atoms. The van der Waals surface area contributed by atoms with Gasteiger partial charge < -0.3 is 4.90 Å². The van der Waals surface area contributed by atoms with Gasteiger partial charge in [-0.25, -0.2) is 0 Å². The van der Waals surface area contributed by atoms with Crippen molar-refractivity contribution in [2.45, 2.75) is 19.8 Å². The molecule has 3 heteroatoms. The molecule has 1 aromatic carbocycles. The lowest BCUT2D eigenvalue weighted by Gasteiger charge is -2.19. The number of benzene rings is 1. The second kappa shape index (κ2) is 6.53. The Morgan fingerprint density at radius 2 is 2.11 bits per heavy atom. The van der Waals surface area contributed by atoms with Gasteiger partial charge in [-0.15, -0.1) is 11.3 Å². The molecular formula is C16H19NOS. The smallest absolute Gasteiger partial charge is 0.172 e. The van der Waals surface area contributed by atoms with Crippen LogP contribution in [0.3, 0.4) is 0 Å². The molecule has 0 fully saturated rings. The predicted octanol–water partition coefficient (Wildman–Crippen LogP) is 4.16. The van der Waals surface area contributed by atoms with Gasteiger partial charge in [0.1, 0.15) is 0 Å². The molecule has 0 aliphatic carbocycles. The monoisotopic (exact) mass is 273 g/mol. The fourth-order valence-corrected chi connectivity index (χ4v) is 2.73. The quantitative estimate of drug-likeness (QED) is 0.737. The zero-order valence-electron chi connectivity index (χ0n) is 11.4. The summed E-state index contributed by atoms with van der Waals surface area (Å²) in [6.45, 7) is 3.00. The molecule has 2 rings (SSSR count). The first-order valence-corrected chi connectivity index (χ1v) is 7.39. The number of aryl methyl sites for hydroxylation is 1. The number of anilines is 1. The van der Waals surface area contributed by atoms with E-state index in [-0.39, 0.29) is 5.78 Å². The van der Waals surface area contributed by atoms with E-state index in [0.29, 0.717) is 6.42 Å². The number of rotatable bonds is 6. The lowest BCUT2D eigenvalue weighted by molar-refractivity contribution is 0.0984. The van der Waals surface area contributed by atoms with E-state index in [0.717, 1.165) is 17.8 Å². The number of hydrogen-bond acceptors (Lipinski definition) is 3. The van der Waals surface area contributed by atoms with Crippen LogP contribution >= 0.6 is 11.3 Å². The van der Waals surface area contributed by atoms with Crippen LogP contribution < -0.4 is 4.90 Å². The van der Waals surface area contributed by atoms with Gasteiger partial charge in [0.25, 0.3) is 0 Å². The third-order valence-electron chi connectivity index (χ3n) is 3.14. The molecule has 0 amide bonds. The van der Waals surface area contributed by atoms with E-state index >= 15 is 0 Å². The zero-order chi connectivity index (χ0) is 13.7. The predicted molar refractivity (Wildman–Crippen MR) is 82.3 cm³/mol. The summed E-state index contributed by atoms with van der Waals surface area (Å²) < 4.78 is 0. The van der Waals surface area contributed by atoms with Gasteiger partial charge in [0.2, 0.25) is 0 Å². The number of hydrogen-bond donors (Lipinski definition) is 0. The summed E-state index contributed by atoms with van der Waals surface area (Å²) in [7, 11) is 2.07. The van der Waals surface area contributed by atoms with Gasteiger partial charge in [-0.2, -0.15) is 0 Å². The van der Waals surface area contributed by atoms with E-state index in [1.54, 1.807) is 0 Å². The number of carbonyl (C=O) groups is 1. The van der Waals surface area contributed by atoms with Gasteiger partial charge in [0.05, 0.1) is 4.88 Å². The SMILES string of the molecule is Cc1cccc(N(C)CCCC(=O)c2cccs2)c1. The highest BCUT2D eigenvalue weighted by Gasteiger charge is 2.07. The Kier molecular flexibility index (Phi) is 4.74. The molecule has 0 saturated heterocycles. The van der Waals surface area contributed by atoms with Crippen LogP contribution in [0.25, 0.3) is 0 Å². The molecule has 0 aliphatic heterocycles. The number of thiophene rings is 1. The lowest BCUT2D eigenvalue weighted by Crippen LogP contribution is -2.19. The van der Waals surface area contributed by atoms with Crippen molar-refractivity contribution in [1.29, 1.82) is 0 Å². The van der Waals surface area contributed by atoms with Crippen molar-refractivity contribution < 1.29 is 4.79 Å². The molecule has 2 aromatic rings. The molecule has 0 saturated carbocycles. The molecule has 0 aliphatic rings. The Morgan fingerprint density at radius 3 is 2.79 bits per heavy atom. The maximum Gasteiger partial charge on any atom is 0.172 e. The average molecular weight is 273 g/mol. The van der Waals surface area contributed by atoms with Crippen molar-refractivity contribution in [2.75, 3.05) is 18.5 Å². The van der Waals surface area contributed by atoms with E-state index in [4.69, 9.17) is 0 Å². The van der Waals surface area contributed by atoms with Crippen molar-refractivity contribution in [1.82, 2.24) is 0 Å². The van der Waals surface area contributed by atoms with Gasteiger partial charge in [0, 0.05) is 25.7 Å². The second-order valence-corrected chi connectivity index (χ2v) is 5.71. The maximum atomic E-state index is 11.9. The Labute approximate surface area is 118 Å². The molecule has 2 nitrogen and oxygen atoms in total. The van der Waals surface area contributed by atoms with Crippen LogP contribution in [-0.2, 0) is 0 Å². The minimum absolute atomic E-state index is 0.257. The van der Waals surface area contributed by atoms with Crippen molar-refractivity contribution in [3.05, 3.63) is 52.2 Å². The summed E-state index contributed by atoms with van der Waals surface area (Å²) in [6, 6.07) is 12.3. The van der Waals surface area contributed by atoms with Crippen molar-refractivity contribution in [3.63, 3.8) is 0 Å². The molecule has 0 atom stereocenters. The lowest BCUT2D eigenvalue weighted by atomic mass is 10.1. The topological polar surface area (TPSA) is 20.3 Å². The summed E-state index contributed by atoms with van der Waals surface area (Å²) in [6.07, 6.45) is 1.51. The van der Waals surface area contributed by atoms with Gasteiger partial charge in [-0.3, -0.25) is 4.79 Å². The minimum Gasteiger partial charge on any atom is -0.375 e. The Balaban J connectivity index is 1.81. The van der Waals surface area contributed by atoms with Gasteiger partial charge in [-0.05, 0) is 42.5 Å². The second-order valence-electron chi connectivity index (χ2n) is 4.76. The van der Waals surface area contributed by atoms with E-state index in [1.807, 2.05) is 17.5 Å². The molecule has 1 heterocycles. The number of carbonyl (C=O) groups excluding carboxylic acids is 1.